The summed E-state index contributed by atoms with van der Waals surface area (Å²) in [6, 6.07) is 0.406. The van der Waals surface area contributed by atoms with E-state index in [1.54, 1.807) is 13.8 Å². The molecule has 0 spiro atoms. The summed E-state index contributed by atoms with van der Waals surface area (Å²) in [6.07, 6.45) is 3.61. The van der Waals surface area contributed by atoms with Gasteiger partial charge in [-0.05, 0) is 33.2 Å². The quantitative estimate of drug-likeness (QED) is 0.724. The third-order valence-corrected chi connectivity index (χ3v) is 2.77. The van der Waals surface area contributed by atoms with Crippen LogP contribution in [0.4, 0.5) is 0 Å². The lowest BCUT2D eigenvalue weighted by molar-refractivity contribution is -0.150. The number of rotatable bonds is 5. The van der Waals surface area contributed by atoms with Crippen molar-refractivity contribution in [3.8, 4) is 0 Å². The fraction of sp³-hybridized carbons (Fsp3) is 0.909. The summed E-state index contributed by atoms with van der Waals surface area (Å²) >= 11 is 0. The lowest BCUT2D eigenvalue weighted by Crippen LogP contribution is -2.39. The Morgan fingerprint density at radius 1 is 1.53 bits per heavy atom. The van der Waals surface area contributed by atoms with E-state index in [0.717, 1.165) is 13.0 Å². The Morgan fingerprint density at radius 3 is 2.80 bits per heavy atom. The van der Waals surface area contributed by atoms with Gasteiger partial charge in [0.15, 0.2) is 0 Å². The van der Waals surface area contributed by atoms with E-state index in [4.69, 9.17) is 9.84 Å². The molecule has 88 valence electrons. The zero-order chi connectivity index (χ0) is 11.3. The van der Waals surface area contributed by atoms with Crippen LogP contribution < -0.4 is 5.32 Å². The molecule has 1 saturated heterocycles. The Labute approximate surface area is 91.0 Å². The number of aliphatic carboxylic acids is 1. The van der Waals surface area contributed by atoms with Crippen LogP contribution in [-0.4, -0.2) is 36.9 Å². The van der Waals surface area contributed by atoms with Gasteiger partial charge in [0.05, 0.1) is 18.6 Å². The molecule has 1 unspecified atom stereocenters. The Bertz CT molecular complexity index is 210. The van der Waals surface area contributed by atoms with Gasteiger partial charge in [-0.3, -0.25) is 4.79 Å². The van der Waals surface area contributed by atoms with Crippen LogP contribution in [0.3, 0.4) is 0 Å². The van der Waals surface area contributed by atoms with Crippen molar-refractivity contribution in [1.29, 1.82) is 0 Å². The van der Waals surface area contributed by atoms with E-state index < -0.39 is 11.4 Å². The smallest absolute Gasteiger partial charge is 0.311 e. The molecule has 0 radical (unpaired) electrons. The molecule has 1 heterocycles. The molecule has 1 rings (SSSR count). The molecule has 1 fully saturated rings. The fourth-order valence-electron chi connectivity index (χ4n) is 1.58. The second-order valence-electron chi connectivity index (χ2n) is 4.85. The molecule has 4 nitrogen and oxygen atoms in total. The minimum Gasteiger partial charge on any atom is -0.481 e. The van der Waals surface area contributed by atoms with Crippen LogP contribution in [0, 0.1) is 5.41 Å². The maximum Gasteiger partial charge on any atom is 0.311 e. The molecule has 0 bridgehead atoms. The van der Waals surface area contributed by atoms with Crippen molar-refractivity contribution in [3.05, 3.63) is 0 Å². The topological polar surface area (TPSA) is 58.6 Å². The number of hydrogen-bond donors (Lipinski definition) is 2. The van der Waals surface area contributed by atoms with Crippen molar-refractivity contribution >= 4 is 5.97 Å². The number of carboxylic acid groups (broad SMARTS) is 1. The summed E-state index contributed by atoms with van der Waals surface area (Å²) in [7, 11) is 0. The zero-order valence-electron chi connectivity index (χ0n) is 9.58. The van der Waals surface area contributed by atoms with Gasteiger partial charge in [0.2, 0.25) is 0 Å². The van der Waals surface area contributed by atoms with E-state index in [2.05, 4.69) is 5.32 Å². The number of hydrogen-bond acceptors (Lipinski definition) is 3. The molecule has 0 aliphatic carbocycles. The minimum absolute atomic E-state index is 0.278. The molecule has 0 aromatic carbocycles. The van der Waals surface area contributed by atoms with Crippen molar-refractivity contribution in [2.45, 2.75) is 39.2 Å². The third-order valence-electron chi connectivity index (χ3n) is 2.77. The van der Waals surface area contributed by atoms with Gasteiger partial charge in [-0.25, -0.2) is 0 Å². The van der Waals surface area contributed by atoms with Crippen molar-refractivity contribution in [2.24, 2.45) is 5.41 Å². The van der Waals surface area contributed by atoms with Gasteiger partial charge in [0.1, 0.15) is 0 Å². The highest BCUT2D eigenvalue weighted by atomic mass is 16.5. The molecule has 15 heavy (non-hydrogen) atoms. The van der Waals surface area contributed by atoms with Gasteiger partial charge in [-0.1, -0.05) is 6.42 Å². The molecule has 2 N–H and O–H groups in total. The van der Waals surface area contributed by atoms with Crippen LogP contribution in [0.2, 0.25) is 0 Å². The fourth-order valence-corrected chi connectivity index (χ4v) is 1.58. The van der Waals surface area contributed by atoms with Crippen LogP contribution >= 0.6 is 0 Å². The van der Waals surface area contributed by atoms with Gasteiger partial charge < -0.3 is 15.2 Å². The van der Waals surface area contributed by atoms with Gasteiger partial charge in [-0.2, -0.15) is 0 Å². The summed E-state index contributed by atoms with van der Waals surface area (Å²) in [5.41, 5.74) is -0.783. The molecule has 4 heteroatoms. The number of piperidine rings is 1. The van der Waals surface area contributed by atoms with Gasteiger partial charge >= 0.3 is 5.97 Å². The first-order valence-electron chi connectivity index (χ1n) is 5.57. The Hall–Kier alpha value is -0.610. The standard InChI is InChI=1S/C11H21NO3/c1-11(2,10(13)14)8-15-7-9-5-3-4-6-12-9/h9,12H,3-8H2,1-2H3,(H,13,14). The van der Waals surface area contributed by atoms with Crippen LogP contribution in [0.15, 0.2) is 0 Å². The second kappa shape index (κ2) is 5.47. The van der Waals surface area contributed by atoms with E-state index in [-0.39, 0.29) is 6.61 Å². The normalized spacial score (nSPS) is 22.7. The molecular formula is C11H21NO3. The largest absolute Gasteiger partial charge is 0.481 e. The molecule has 1 aliphatic heterocycles. The van der Waals surface area contributed by atoms with E-state index in [0.29, 0.717) is 12.6 Å². The van der Waals surface area contributed by atoms with E-state index >= 15 is 0 Å². The Morgan fingerprint density at radius 2 is 2.27 bits per heavy atom. The number of carboxylic acids is 1. The first-order valence-corrected chi connectivity index (χ1v) is 5.57. The first kappa shape index (κ1) is 12.5. The summed E-state index contributed by atoms with van der Waals surface area (Å²) in [5.74, 6) is -0.806. The molecule has 0 saturated carbocycles. The molecule has 0 amide bonds. The lowest BCUT2D eigenvalue weighted by atomic mass is 9.95. The number of ether oxygens (including phenoxy) is 1. The average molecular weight is 215 g/mol. The van der Waals surface area contributed by atoms with Crippen LogP contribution in [0.5, 0.6) is 0 Å². The van der Waals surface area contributed by atoms with Gasteiger partial charge in [0, 0.05) is 6.04 Å². The summed E-state index contributed by atoms with van der Waals surface area (Å²) < 4.78 is 5.46. The first-order chi connectivity index (χ1) is 7.02. The number of nitrogens with one attached hydrogen (secondary N) is 1. The van der Waals surface area contributed by atoms with Gasteiger partial charge in [-0.15, -0.1) is 0 Å². The Balaban J connectivity index is 2.17. The predicted molar refractivity (Wildman–Crippen MR) is 57.9 cm³/mol. The van der Waals surface area contributed by atoms with Crippen LogP contribution in [0.1, 0.15) is 33.1 Å². The van der Waals surface area contributed by atoms with Crippen molar-refractivity contribution < 1.29 is 14.6 Å². The molecule has 1 aliphatic rings. The SMILES string of the molecule is CC(C)(COCC1CCCCN1)C(=O)O. The highest BCUT2D eigenvalue weighted by Gasteiger charge is 2.27. The van der Waals surface area contributed by atoms with Crippen molar-refractivity contribution in [1.82, 2.24) is 5.32 Å². The molecule has 1 atom stereocenters. The van der Waals surface area contributed by atoms with Crippen molar-refractivity contribution in [2.75, 3.05) is 19.8 Å². The van der Waals surface area contributed by atoms with E-state index in [9.17, 15) is 4.79 Å². The maximum absolute atomic E-state index is 10.8. The molecular weight excluding hydrogens is 194 g/mol. The Kier molecular flexibility index (Phi) is 4.54. The zero-order valence-corrected chi connectivity index (χ0v) is 9.58. The molecule has 0 aromatic heterocycles. The van der Waals surface area contributed by atoms with E-state index in [1.807, 2.05) is 0 Å². The second-order valence-corrected chi connectivity index (χ2v) is 4.85. The lowest BCUT2D eigenvalue weighted by Gasteiger charge is -2.25. The summed E-state index contributed by atoms with van der Waals surface area (Å²) in [6.45, 7) is 5.32. The number of carbonyl (C=O) groups is 1. The monoisotopic (exact) mass is 215 g/mol. The van der Waals surface area contributed by atoms with Crippen LogP contribution in [0.25, 0.3) is 0 Å². The highest BCUT2D eigenvalue weighted by molar-refractivity contribution is 5.73. The summed E-state index contributed by atoms with van der Waals surface area (Å²) in [4.78, 5) is 10.8. The molecule has 0 aromatic rings. The van der Waals surface area contributed by atoms with Crippen molar-refractivity contribution in [3.63, 3.8) is 0 Å². The summed E-state index contributed by atoms with van der Waals surface area (Å²) in [5, 5.41) is 12.2. The third kappa shape index (κ3) is 4.18. The van der Waals surface area contributed by atoms with Crippen LogP contribution in [-0.2, 0) is 9.53 Å². The highest BCUT2D eigenvalue weighted by Crippen LogP contribution is 2.16. The predicted octanol–water partition coefficient (Wildman–Crippen LogP) is 1.26. The maximum atomic E-state index is 10.8. The minimum atomic E-state index is -0.806. The average Bonchev–Trinajstić information content (AvgIpc) is 2.19. The van der Waals surface area contributed by atoms with E-state index in [1.165, 1.54) is 12.8 Å². The van der Waals surface area contributed by atoms with Gasteiger partial charge in [0.25, 0.3) is 0 Å².